The van der Waals surface area contributed by atoms with E-state index in [-0.39, 0.29) is 17.9 Å². The molecule has 1 aromatic heterocycles. The van der Waals surface area contributed by atoms with Crippen LogP contribution >= 0.6 is 0 Å². The third-order valence-corrected chi connectivity index (χ3v) is 3.11. The van der Waals surface area contributed by atoms with Gasteiger partial charge < -0.3 is 15.4 Å². The maximum Gasteiger partial charge on any atom is 0.311 e. The van der Waals surface area contributed by atoms with Crippen LogP contribution in [0, 0.1) is 5.41 Å². The third kappa shape index (κ3) is 2.83. The summed E-state index contributed by atoms with van der Waals surface area (Å²) in [5.41, 5.74) is -1.21. The molecular weight excluding hydrogens is 222 g/mol. The predicted octanol–water partition coefficient (Wildman–Crippen LogP) is 1.07. The van der Waals surface area contributed by atoms with Crippen LogP contribution in [0.4, 0.5) is 5.82 Å². The summed E-state index contributed by atoms with van der Waals surface area (Å²) in [5, 5.41) is 12.0. The zero-order valence-electron chi connectivity index (χ0n) is 9.99. The van der Waals surface area contributed by atoms with Crippen molar-refractivity contribution in [3.63, 3.8) is 0 Å². The van der Waals surface area contributed by atoms with Crippen molar-refractivity contribution in [3.05, 3.63) is 22.7 Å². The van der Waals surface area contributed by atoms with Gasteiger partial charge in [-0.3, -0.25) is 9.59 Å². The molecule has 0 aliphatic carbocycles. The molecule has 0 radical (unpaired) electrons. The molecule has 0 fully saturated rings. The fraction of sp³-hybridized carbons (Fsp3) is 0.545. The lowest BCUT2D eigenvalue weighted by atomic mass is 9.82. The molecule has 0 spiro atoms. The SMILES string of the molecule is CCC(CC)(CNc1ncc[nH]c1=O)C(=O)O. The highest BCUT2D eigenvalue weighted by Crippen LogP contribution is 2.26. The molecule has 0 saturated carbocycles. The van der Waals surface area contributed by atoms with Crippen molar-refractivity contribution in [1.82, 2.24) is 9.97 Å². The van der Waals surface area contributed by atoms with Gasteiger partial charge in [-0.15, -0.1) is 0 Å². The summed E-state index contributed by atoms with van der Waals surface area (Å²) >= 11 is 0. The van der Waals surface area contributed by atoms with Crippen molar-refractivity contribution in [2.24, 2.45) is 5.41 Å². The van der Waals surface area contributed by atoms with Crippen LogP contribution in [0.25, 0.3) is 0 Å². The number of H-pyrrole nitrogens is 1. The number of nitrogens with one attached hydrogen (secondary N) is 2. The van der Waals surface area contributed by atoms with Crippen molar-refractivity contribution in [2.45, 2.75) is 26.7 Å². The molecular formula is C11H17N3O3. The lowest BCUT2D eigenvalue weighted by molar-refractivity contribution is -0.148. The fourth-order valence-corrected chi connectivity index (χ4v) is 1.61. The Kier molecular flexibility index (Phi) is 4.25. The Morgan fingerprint density at radius 3 is 2.65 bits per heavy atom. The first-order chi connectivity index (χ1) is 8.05. The van der Waals surface area contributed by atoms with Crippen molar-refractivity contribution in [1.29, 1.82) is 0 Å². The highest BCUT2D eigenvalue weighted by atomic mass is 16.4. The number of carbonyl (C=O) groups is 1. The van der Waals surface area contributed by atoms with E-state index >= 15 is 0 Å². The second kappa shape index (κ2) is 5.47. The van der Waals surface area contributed by atoms with Crippen LogP contribution in [0.2, 0.25) is 0 Å². The van der Waals surface area contributed by atoms with Crippen molar-refractivity contribution in [3.8, 4) is 0 Å². The fourth-order valence-electron chi connectivity index (χ4n) is 1.61. The maximum absolute atomic E-state index is 11.4. The van der Waals surface area contributed by atoms with E-state index in [4.69, 9.17) is 0 Å². The number of aromatic nitrogens is 2. The molecule has 3 N–H and O–H groups in total. The first-order valence-electron chi connectivity index (χ1n) is 5.56. The van der Waals surface area contributed by atoms with Crippen LogP contribution in [0.1, 0.15) is 26.7 Å². The van der Waals surface area contributed by atoms with Gasteiger partial charge in [-0.25, -0.2) is 4.98 Å². The van der Waals surface area contributed by atoms with E-state index in [1.165, 1.54) is 12.4 Å². The third-order valence-electron chi connectivity index (χ3n) is 3.11. The lowest BCUT2D eigenvalue weighted by Crippen LogP contribution is -2.38. The van der Waals surface area contributed by atoms with Gasteiger partial charge in [0.1, 0.15) is 0 Å². The Bertz CT molecular complexity index is 438. The molecule has 1 rings (SSSR count). The zero-order valence-corrected chi connectivity index (χ0v) is 9.99. The number of carboxylic acids is 1. The second-order valence-electron chi connectivity index (χ2n) is 3.91. The molecule has 0 aliphatic rings. The molecule has 0 saturated heterocycles. The summed E-state index contributed by atoms with van der Waals surface area (Å²) in [7, 11) is 0. The molecule has 1 aromatic rings. The highest BCUT2D eigenvalue weighted by Gasteiger charge is 2.34. The molecule has 94 valence electrons. The number of rotatable bonds is 6. The van der Waals surface area contributed by atoms with Gasteiger partial charge >= 0.3 is 5.97 Å². The van der Waals surface area contributed by atoms with Crippen LogP contribution in [0.3, 0.4) is 0 Å². The Morgan fingerprint density at radius 2 is 2.18 bits per heavy atom. The number of aromatic amines is 1. The normalized spacial score (nSPS) is 11.2. The number of carboxylic acid groups (broad SMARTS) is 1. The van der Waals surface area contributed by atoms with Gasteiger partial charge in [-0.05, 0) is 12.8 Å². The number of anilines is 1. The molecule has 0 bridgehead atoms. The molecule has 17 heavy (non-hydrogen) atoms. The average molecular weight is 239 g/mol. The average Bonchev–Trinajstić information content (AvgIpc) is 2.32. The quantitative estimate of drug-likeness (QED) is 0.690. The van der Waals surface area contributed by atoms with Crippen molar-refractivity contribution >= 4 is 11.8 Å². The molecule has 0 amide bonds. The number of hydrogen-bond donors (Lipinski definition) is 3. The van der Waals surface area contributed by atoms with Gasteiger partial charge in [-0.2, -0.15) is 0 Å². The lowest BCUT2D eigenvalue weighted by Gasteiger charge is -2.26. The molecule has 6 heteroatoms. The van der Waals surface area contributed by atoms with Gasteiger partial charge in [0.25, 0.3) is 5.56 Å². The number of hydrogen-bond acceptors (Lipinski definition) is 4. The van der Waals surface area contributed by atoms with Gasteiger partial charge in [0.05, 0.1) is 5.41 Å². The van der Waals surface area contributed by atoms with Crippen LogP contribution < -0.4 is 10.9 Å². The Balaban J connectivity index is 2.81. The molecule has 0 aromatic carbocycles. The Morgan fingerprint density at radius 1 is 1.53 bits per heavy atom. The van der Waals surface area contributed by atoms with Crippen LogP contribution in [-0.4, -0.2) is 27.6 Å². The van der Waals surface area contributed by atoms with E-state index in [1.54, 1.807) is 0 Å². The number of nitrogens with zero attached hydrogens (tertiary/aromatic N) is 1. The zero-order chi connectivity index (χ0) is 12.9. The monoisotopic (exact) mass is 239 g/mol. The van der Waals surface area contributed by atoms with E-state index in [9.17, 15) is 14.7 Å². The molecule has 1 heterocycles. The Hall–Kier alpha value is -1.85. The minimum Gasteiger partial charge on any atom is -0.481 e. The van der Waals surface area contributed by atoms with Gasteiger partial charge in [0.2, 0.25) is 0 Å². The van der Waals surface area contributed by atoms with E-state index in [2.05, 4.69) is 15.3 Å². The van der Waals surface area contributed by atoms with Crippen LogP contribution in [-0.2, 0) is 4.79 Å². The summed E-state index contributed by atoms with van der Waals surface area (Å²) in [5.74, 6) is -0.706. The maximum atomic E-state index is 11.4. The summed E-state index contributed by atoms with van der Waals surface area (Å²) in [4.78, 5) is 28.9. The summed E-state index contributed by atoms with van der Waals surface area (Å²) < 4.78 is 0. The summed E-state index contributed by atoms with van der Waals surface area (Å²) in [6, 6.07) is 0. The minimum atomic E-state index is -0.859. The summed E-state index contributed by atoms with van der Waals surface area (Å²) in [6.45, 7) is 3.83. The second-order valence-corrected chi connectivity index (χ2v) is 3.91. The van der Waals surface area contributed by atoms with Crippen molar-refractivity contribution < 1.29 is 9.90 Å². The van der Waals surface area contributed by atoms with Gasteiger partial charge in [0.15, 0.2) is 5.82 Å². The minimum absolute atomic E-state index is 0.153. The predicted molar refractivity (Wildman–Crippen MR) is 64.0 cm³/mol. The highest BCUT2D eigenvalue weighted by molar-refractivity contribution is 5.75. The van der Waals surface area contributed by atoms with E-state index in [1.807, 2.05) is 13.8 Å². The standard InChI is InChI=1S/C11H17N3O3/c1-3-11(4-2,10(16)17)7-14-8-9(15)13-6-5-12-8/h5-6H,3-4,7H2,1-2H3,(H,12,14)(H,13,15)(H,16,17). The molecule has 0 atom stereocenters. The van der Waals surface area contributed by atoms with Crippen LogP contribution in [0.5, 0.6) is 0 Å². The molecule has 6 nitrogen and oxygen atoms in total. The van der Waals surface area contributed by atoms with Gasteiger partial charge in [-0.1, -0.05) is 13.8 Å². The van der Waals surface area contributed by atoms with Crippen LogP contribution in [0.15, 0.2) is 17.2 Å². The molecule has 0 aliphatic heterocycles. The van der Waals surface area contributed by atoms with Crippen molar-refractivity contribution in [2.75, 3.05) is 11.9 Å². The first-order valence-corrected chi connectivity index (χ1v) is 5.56. The first kappa shape index (κ1) is 13.2. The number of aliphatic carboxylic acids is 1. The largest absolute Gasteiger partial charge is 0.481 e. The van der Waals surface area contributed by atoms with E-state index in [0.29, 0.717) is 12.8 Å². The van der Waals surface area contributed by atoms with E-state index < -0.39 is 11.4 Å². The Labute approximate surface area is 99.1 Å². The topological polar surface area (TPSA) is 95.1 Å². The van der Waals surface area contributed by atoms with E-state index in [0.717, 1.165) is 0 Å². The molecule has 0 unspecified atom stereocenters. The summed E-state index contributed by atoms with van der Waals surface area (Å²) in [6.07, 6.45) is 3.87. The smallest absolute Gasteiger partial charge is 0.311 e. The van der Waals surface area contributed by atoms with Gasteiger partial charge in [0, 0.05) is 18.9 Å².